The molecule has 5 nitrogen and oxygen atoms in total. The molecule has 0 saturated carbocycles. The maximum atomic E-state index is 14.1. The summed E-state index contributed by atoms with van der Waals surface area (Å²) in [6.45, 7) is 0. The van der Waals surface area contributed by atoms with Crippen LogP contribution in [0.2, 0.25) is 0 Å². The van der Waals surface area contributed by atoms with Gasteiger partial charge >= 0.3 is 0 Å². The summed E-state index contributed by atoms with van der Waals surface area (Å²) in [6.07, 6.45) is 4.05. The van der Waals surface area contributed by atoms with Crippen LogP contribution in [0.15, 0.2) is 103 Å². The first-order valence-electron chi connectivity index (χ1n) is 12.2. The van der Waals surface area contributed by atoms with E-state index in [4.69, 9.17) is 0 Å². The number of hydrogen-bond donors (Lipinski definition) is 0. The molecule has 3 aliphatic rings. The molecule has 0 unspecified atom stereocenters. The summed E-state index contributed by atoms with van der Waals surface area (Å²) in [5, 5.41) is 2.18. The molecule has 0 bridgehead atoms. The van der Waals surface area contributed by atoms with Crippen LogP contribution in [0.3, 0.4) is 0 Å². The van der Waals surface area contributed by atoms with Crippen LogP contribution in [0.4, 0.5) is 11.4 Å². The lowest BCUT2D eigenvalue weighted by Crippen LogP contribution is -2.48. The number of amides is 2. The topological polar surface area (TPSA) is 57.7 Å². The molecule has 2 saturated heterocycles. The molecule has 3 aliphatic heterocycles. The SMILES string of the molecule is O=C(c1ccccc1)[C@@H]1[C@@H]2C(=O)N(c3ccccc3)C(=O)[C@H]2[C@@H]2C=Cc3c(ccc4ccccc34)N12. The van der Waals surface area contributed by atoms with E-state index in [9.17, 15) is 14.4 Å². The summed E-state index contributed by atoms with van der Waals surface area (Å²) >= 11 is 0. The van der Waals surface area contributed by atoms with Crippen molar-refractivity contribution >= 4 is 45.8 Å². The monoisotopic (exact) mass is 470 g/mol. The van der Waals surface area contributed by atoms with E-state index >= 15 is 0 Å². The third-order valence-corrected chi connectivity index (χ3v) is 7.75. The second-order valence-corrected chi connectivity index (χ2v) is 9.55. The Balaban J connectivity index is 1.42. The molecular weight excluding hydrogens is 448 g/mol. The molecule has 3 heterocycles. The zero-order valence-electron chi connectivity index (χ0n) is 19.3. The fraction of sp³-hybridized carbons (Fsp3) is 0.129. The predicted molar refractivity (Wildman–Crippen MR) is 140 cm³/mol. The molecule has 0 spiro atoms. The van der Waals surface area contributed by atoms with Crippen LogP contribution in [0.5, 0.6) is 0 Å². The number of rotatable bonds is 3. The summed E-state index contributed by atoms with van der Waals surface area (Å²) in [5.74, 6) is -2.10. The van der Waals surface area contributed by atoms with Crippen molar-refractivity contribution in [2.75, 3.05) is 9.80 Å². The number of benzene rings is 4. The first-order chi connectivity index (χ1) is 17.6. The lowest BCUT2D eigenvalue weighted by molar-refractivity contribution is -0.122. The molecule has 0 N–H and O–H groups in total. The molecule has 174 valence electrons. The average molecular weight is 471 g/mol. The van der Waals surface area contributed by atoms with Crippen LogP contribution in [-0.4, -0.2) is 29.7 Å². The number of Topliss-reactive ketones (excluding diaryl/α,β-unsaturated/α-hetero) is 1. The molecule has 5 heteroatoms. The van der Waals surface area contributed by atoms with Gasteiger partial charge in [0.05, 0.1) is 23.6 Å². The summed E-state index contributed by atoms with van der Waals surface area (Å²) in [5.41, 5.74) is 2.98. The highest BCUT2D eigenvalue weighted by Crippen LogP contribution is 2.50. The first kappa shape index (κ1) is 20.8. The van der Waals surface area contributed by atoms with Gasteiger partial charge < -0.3 is 4.90 Å². The predicted octanol–water partition coefficient (Wildman–Crippen LogP) is 5.11. The number of ketones is 1. The van der Waals surface area contributed by atoms with Crippen molar-refractivity contribution in [1.29, 1.82) is 0 Å². The number of carbonyl (C=O) groups is 3. The Hall–Kier alpha value is -4.51. The zero-order chi connectivity index (χ0) is 24.4. The normalized spacial score (nSPS) is 24.1. The van der Waals surface area contributed by atoms with Crippen molar-refractivity contribution in [2.24, 2.45) is 11.8 Å². The smallest absolute Gasteiger partial charge is 0.240 e. The third kappa shape index (κ3) is 2.80. The molecule has 2 fully saturated rings. The van der Waals surface area contributed by atoms with Gasteiger partial charge in [0.2, 0.25) is 11.8 Å². The van der Waals surface area contributed by atoms with Gasteiger partial charge in [-0.15, -0.1) is 0 Å². The Morgan fingerprint density at radius 3 is 2.14 bits per heavy atom. The second-order valence-electron chi connectivity index (χ2n) is 9.55. The molecule has 4 aromatic carbocycles. The fourth-order valence-corrected chi connectivity index (χ4v) is 6.23. The first-order valence-corrected chi connectivity index (χ1v) is 12.2. The Bertz CT molecular complexity index is 1580. The van der Waals surface area contributed by atoms with Crippen LogP contribution in [0.25, 0.3) is 16.8 Å². The average Bonchev–Trinajstić information content (AvgIpc) is 3.41. The van der Waals surface area contributed by atoms with E-state index in [2.05, 4.69) is 12.1 Å². The maximum Gasteiger partial charge on any atom is 0.240 e. The van der Waals surface area contributed by atoms with E-state index in [1.807, 2.05) is 77.7 Å². The van der Waals surface area contributed by atoms with Gasteiger partial charge in [0, 0.05) is 16.8 Å². The van der Waals surface area contributed by atoms with Crippen molar-refractivity contribution in [3.63, 3.8) is 0 Å². The van der Waals surface area contributed by atoms with Crippen LogP contribution in [-0.2, 0) is 9.59 Å². The Morgan fingerprint density at radius 1 is 0.694 bits per heavy atom. The van der Waals surface area contributed by atoms with E-state index in [1.165, 1.54) is 4.90 Å². The van der Waals surface area contributed by atoms with Gasteiger partial charge in [-0.25, -0.2) is 4.90 Å². The minimum atomic E-state index is -0.780. The molecule has 0 aliphatic carbocycles. The highest BCUT2D eigenvalue weighted by Gasteiger charge is 2.64. The van der Waals surface area contributed by atoms with E-state index in [0.29, 0.717) is 11.3 Å². The Labute approximate surface area is 208 Å². The standard InChI is InChI=1S/C31H22N2O3/c34-29(20-10-3-1-4-11-20)28-27-26(30(35)32(31(27)36)21-12-5-2-6-13-21)25-18-16-23-22-14-8-7-9-19(22)15-17-24(23)33(25)28/h1-18,25-28H/t25-,26-,27+,28-/m0/s1. The molecule has 36 heavy (non-hydrogen) atoms. The largest absolute Gasteiger partial charge is 0.352 e. The van der Waals surface area contributed by atoms with Crippen molar-refractivity contribution in [2.45, 2.75) is 12.1 Å². The Kier molecular flexibility index (Phi) is 4.48. The number of nitrogens with zero attached hydrogens (tertiary/aromatic N) is 2. The molecular formula is C31H22N2O3. The van der Waals surface area contributed by atoms with E-state index in [1.54, 1.807) is 24.3 Å². The van der Waals surface area contributed by atoms with Gasteiger partial charge in [-0.2, -0.15) is 0 Å². The fourth-order valence-electron chi connectivity index (χ4n) is 6.23. The van der Waals surface area contributed by atoms with Crippen molar-refractivity contribution in [1.82, 2.24) is 0 Å². The zero-order valence-corrected chi connectivity index (χ0v) is 19.3. The van der Waals surface area contributed by atoms with Gasteiger partial charge in [0.15, 0.2) is 5.78 Å². The second kappa shape index (κ2) is 7.75. The molecule has 0 radical (unpaired) electrons. The quantitative estimate of drug-likeness (QED) is 0.308. The molecule has 4 atom stereocenters. The molecule has 2 amide bonds. The van der Waals surface area contributed by atoms with Gasteiger partial charge in [-0.3, -0.25) is 14.4 Å². The van der Waals surface area contributed by atoms with E-state index in [0.717, 1.165) is 22.0 Å². The van der Waals surface area contributed by atoms with Crippen LogP contribution in [0, 0.1) is 11.8 Å². The third-order valence-electron chi connectivity index (χ3n) is 7.75. The van der Waals surface area contributed by atoms with Gasteiger partial charge in [-0.1, -0.05) is 91.0 Å². The summed E-state index contributed by atoms with van der Waals surface area (Å²) in [4.78, 5) is 45.1. The van der Waals surface area contributed by atoms with Crippen LogP contribution in [0.1, 0.15) is 15.9 Å². The number of imide groups is 1. The van der Waals surface area contributed by atoms with Crippen molar-refractivity contribution < 1.29 is 14.4 Å². The van der Waals surface area contributed by atoms with Gasteiger partial charge in [0.1, 0.15) is 6.04 Å². The molecule has 7 rings (SSSR count). The number of carbonyl (C=O) groups excluding carboxylic acids is 3. The Morgan fingerprint density at radius 2 is 1.36 bits per heavy atom. The van der Waals surface area contributed by atoms with E-state index in [-0.39, 0.29) is 23.6 Å². The highest BCUT2D eigenvalue weighted by molar-refractivity contribution is 6.25. The minimum absolute atomic E-state index is 0.140. The highest BCUT2D eigenvalue weighted by atomic mass is 16.2. The summed E-state index contributed by atoms with van der Waals surface area (Å²) < 4.78 is 0. The number of fused-ring (bicyclic) bond motifs is 7. The van der Waals surface area contributed by atoms with Crippen LogP contribution < -0.4 is 9.80 Å². The minimum Gasteiger partial charge on any atom is -0.352 e. The lowest BCUT2D eigenvalue weighted by Gasteiger charge is -2.37. The van der Waals surface area contributed by atoms with Crippen LogP contribution >= 0.6 is 0 Å². The van der Waals surface area contributed by atoms with Gasteiger partial charge in [0.25, 0.3) is 0 Å². The molecule has 4 aromatic rings. The summed E-state index contributed by atoms with van der Waals surface area (Å²) in [6, 6.07) is 29.1. The van der Waals surface area contributed by atoms with Crippen molar-refractivity contribution in [3.8, 4) is 0 Å². The summed E-state index contributed by atoms with van der Waals surface area (Å²) in [7, 11) is 0. The lowest BCUT2D eigenvalue weighted by atomic mass is 9.86. The number of anilines is 2. The van der Waals surface area contributed by atoms with Gasteiger partial charge in [-0.05, 0) is 29.0 Å². The maximum absolute atomic E-state index is 14.1. The van der Waals surface area contributed by atoms with E-state index < -0.39 is 17.9 Å². The number of para-hydroxylation sites is 1. The van der Waals surface area contributed by atoms with Crippen molar-refractivity contribution in [3.05, 3.63) is 114 Å². The number of hydrogen-bond acceptors (Lipinski definition) is 4. The molecule has 0 aromatic heterocycles.